The highest BCUT2D eigenvalue weighted by Crippen LogP contribution is 2.34. The zero-order chi connectivity index (χ0) is 22.6. The van der Waals surface area contributed by atoms with Crippen molar-refractivity contribution in [2.24, 2.45) is 0 Å². The number of nitro groups is 1. The van der Waals surface area contributed by atoms with Crippen molar-refractivity contribution in [3.8, 4) is 0 Å². The zero-order valence-corrected chi connectivity index (χ0v) is 16.3. The highest BCUT2D eigenvalue weighted by molar-refractivity contribution is 5.95. The van der Waals surface area contributed by atoms with Crippen LogP contribution in [0, 0.1) is 10.1 Å². The van der Waals surface area contributed by atoms with Crippen LogP contribution in [-0.2, 0) is 11.0 Å². The van der Waals surface area contributed by atoms with Gasteiger partial charge in [0.15, 0.2) is 0 Å². The molecule has 0 unspecified atom stereocenters. The van der Waals surface area contributed by atoms with Crippen molar-refractivity contribution >= 4 is 23.2 Å². The van der Waals surface area contributed by atoms with Crippen molar-refractivity contribution in [3.05, 3.63) is 69.8 Å². The number of alkyl halides is 3. The minimum absolute atomic E-state index is 0.120. The van der Waals surface area contributed by atoms with Gasteiger partial charge < -0.3 is 10.2 Å². The highest BCUT2D eigenvalue weighted by Gasteiger charge is 2.33. The molecule has 0 aromatic heterocycles. The van der Waals surface area contributed by atoms with Crippen molar-refractivity contribution in [1.82, 2.24) is 9.80 Å². The molecule has 2 amide bonds. The third-order valence-corrected chi connectivity index (χ3v) is 4.84. The monoisotopic (exact) mass is 436 g/mol. The molecule has 8 nitrogen and oxygen atoms in total. The Labute approximate surface area is 175 Å². The normalized spacial score (nSPS) is 14.9. The van der Waals surface area contributed by atoms with Crippen LogP contribution in [0.4, 0.5) is 24.5 Å². The van der Waals surface area contributed by atoms with Crippen molar-refractivity contribution in [1.29, 1.82) is 0 Å². The fourth-order valence-electron chi connectivity index (χ4n) is 3.28. The molecule has 1 saturated heterocycles. The summed E-state index contributed by atoms with van der Waals surface area (Å²) in [6.45, 7) is 1.14. The first-order valence-electron chi connectivity index (χ1n) is 9.37. The number of benzene rings is 2. The topological polar surface area (TPSA) is 95.8 Å². The summed E-state index contributed by atoms with van der Waals surface area (Å²) in [4.78, 5) is 38.4. The molecule has 3 rings (SSSR count). The predicted molar refractivity (Wildman–Crippen MR) is 106 cm³/mol. The molecule has 0 atom stereocenters. The first-order valence-corrected chi connectivity index (χ1v) is 9.37. The molecule has 1 aliphatic heterocycles. The van der Waals surface area contributed by atoms with Crippen molar-refractivity contribution in [2.75, 3.05) is 38.0 Å². The summed E-state index contributed by atoms with van der Waals surface area (Å²) in [5.74, 6) is -0.943. The first-order chi connectivity index (χ1) is 14.6. The number of nitrogens with one attached hydrogen (secondary N) is 1. The number of anilines is 1. The number of carbonyl (C=O) groups excluding carboxylic acids is 2. The fraction of sp³-hybridized carbons (Fsp3) is 0.300. The summed E-state index contributed by atoms with van der Waals surface area (Å²) in [5.41, 5.74) is -1.21. The van der Waals surface area contributed by atoms with E-state index in [1.807, 2.05) is 0 Å². The summed E-state index contributed by atoms with van der Waals surface area (Å²) < 4.78 is 39.1. The van der Waals surface area contributed by atoms with Crippen LogP contribution < -0.4 is 5.32 Å². The van der Waals surface area contributed by atoms with Gasteiger partial charge in [0.2, 0.25) is 5.91 Å². The summed E-state index contributed by atoms with van der Waals surface area (Å²) in [6.07, 6.45) is -4.58. The quantitative estimate of drug-likeness (QED) is 0.574. The number of non-ortho nitro benzene ring substituents is 1. The Hall–Kier alpha value is -3.47. The molecule has 1 aliphatic rings. The van der Waals surface area contributed by atoms with Gasteiger partial charge in [-0.1, -0.05) is 18.2 Å². The van der Waals surface area contributed by atoms with Crippen LogP contribution in [0.1, 0.15) is 15.9 Å². The van der Waals surface area contributed by atoms with Crippen LogP contribution in [-0.4, -0.2) is 59.3 Å². The standard InChI is InChI=1S/C20H19F3N4O4/c21-20(22,23)16-6-1-2-7-17(16)24-18(28)13-25-8-10-26(11-9-25)19(29)14-4-3-5-15(12-14)27(30)31/h1-7,12H,8-11,13H2,(H,24,28). The number of carbonyl (C=O) groups is 2. The maximum atomic E-state index is 13.0. The van der Waals surface area contributed by atoms with Crippen LogP contribution in [0.25, 0.3) is 0 Å². The number of hydrogen-bond donors (Lipinski definition) is 1. The summed E-state index contributed by atoms with van der Waals surface area (Å²) in [7, 11) is 0. The average molecular weight is 436 g/mol. The highest BCUT2D eigenvalue weighted by atomic mass is 19.4. The summed E-state index contributed by atoms with van der Waals surface area (Å²) in [5, 5.41) is 13.2. The lowest BCUT2D eigenvalue weighted by molar-refractivity contribution is -0.384. The van der Waals surface area contributed by atoms with Gasteiger partial charge in [-0.15, -0.1) is 0 Å². The molecular formula is C20H19F3N4O4. The second-order valence-electron chi connectivity index (χ2n) is 6.97. The van der Waals surface area contributed by atoms with Gasteiger partial charge in [0.05, 0.1) is 22.7 Å². The Morgan fingerprint density at radius 1 is 1.03 bits per heavy atom. The number of nitro benzene ring substituents is 1. The average Bonchev–Trinajstić information content (AvgIpc) is 2.73. The Kier molecular flexibility index (Phi) is 6.54. The number of amides is 2. The molecule has 164 valence electrons. The van der Waals surface area contributed by atoms with E-state index in [0.717, 1.165) is 6.07 Å². The second kappa shape index (κ2) is 9.13. The molecule has 0 saturated carbocycles. The molecule has 11 heteroatoms. The molecule has 31 heavy (non-hydrogen) atoms. The van der Waals surface area contributed by atoms with E-state index in [2.05, 4.69) is 5.32 Å². The van der Waals surface area contributed by atoms with Crippen LogP contribution in [0.2, 0.25) is 0 Å². The van der Waals surface area contributed by atoms with E-state index >= 15 is 0 Å². The van der Waals surface area contributed by atoms with Crippen LogP contribution >= 0.6 is 0 Å². The Balaban J connectivity index is 1.55. The third kappa shape index (κ3) is 5.57. The molecule has 2 aromatic rings. The smallest absolute Gasteiger partial charge is 0.336 e. The molecule has 0 radical (unpaired) electrons. The van der Waals surface area contributed by atoms with Gasteiger partial charge in [-0.25, -0.2) is 0 Å². The summed E-state index contributed by atoms with van der Waals surface area (Å²) in [6, 6.07) is 10.2. The Bertz CT molecular complexity index is 988. The molecule has 0 bridgehead atoms. The lowest BCUT2D eigenvalue weighted by Gasteiger charge is -2.34. The Morgan fingerprint density at radius 3 is 2.35 bits per heavy atom. The number of halogens is 3. The van der Waals surface area contributed by atoms with Gasteiger partial charge in [0, 0.05) is 43.9 Å². The van der Waals surface area contributed by atoms with Crippen molar-refractivity contribution in [2.45, 2.75) is 6.18 Å². The molecule has 0 spiro atoms. The molecule has 1 fully saturated rings. The van der Waals surface area contributed by atoms with Crippen LogP contribution in [0.15, 0.2) is 48.5 Å². The number of rotatable bonds is 5. The van der Waals surface area contributed by atoms with Crippen LogP contribution in [0.5, 0.6) is 0 Å². The molecule has 1 N–H and O–H groups in total. The van der Waals surface area contributed by atoms with E-state index in [1.54, 1.807) is 4.90 Å². The van der Waals surface area contributed by atoms with Crippen molar-refractivity contribution < 1.29 is 27.7 Å². The lowest BCUT2D eigenvalue weighted by Crippen LogP contribution is -2.50. The number of para-hydroxylation sites is 1. The zero-order valence-electron chi connectivity index (χ0n) is 16.3. The third-order valence-electron chi connectivity index (χ3n) is 4.84. The minimum Gasteiger partial charge on any atom is -0.336 e. The first kappa shape index (κ1) is 22.2. The summed E-state index contributed by atoms with van der Waals surface area (Å²) >= 11 is 0. The minimum atomic E-state index is -4.58. The molecular weight excluding hydrogens is 417 g/mol. The van der Waals surface area contributed by atoms with Gasteiger partial charge >= 0.3 is 6.18 Å². The van der Waals surface area contributed by atoms with Gasteiger partial charge in [-0.2, -0.15) is 13.2 Å². The second-order valence-corrected chi connectivity index (χ2v) is 6.97. The van der Waals surface area contributed by atoms with Gasteiger partial charge in [-0.3, -0.25) is 24.6 Å². The lowest BCUT2D eigenvalue weighted by atomic mass is 10.1. The fourth-order valence-corrected chi connectivity index (χ4v) is 3.28. The number of nitrogens with zero attached hydrogens (tertiary/aromatic N) is 3. The van der Waals surface area contributed by atoms with E-state index in [9.17, 15) is 32.9 Å². The maximum Gasteiger partial charge on any atom is 0.418 e. The van der Waals surface area contributed by atoms with E-state index in [-0.39, 0.29) is 42.5 Å². The van der Waals surface area contributed by atoms with E-state index < -0.39 is 22.6 Å². The molecule has 1 heterocycles. The largest absolute Gasteiger partial charge is 0.418 e. The van der Waals surface area contributed by atoms with Gasteiger partial charge in [0.25, 0.3) is 11.6 Å². The number of piperazine rings is 1. The maximum absolute atomic E-state index is 13.0. The van der Waals surface area contributed by atoms with E-state index in [0.29, 0.717) is 13.1 Å². The van der Waals surface area contributed by atoms with Gasteiger partial charge in [-0.05, 0) is 18.2 Å². The molecule has 2 aromatic carbocycles. The van der Waals surface area contributed by atoms with Crippen molar-refractivity contribution in [3.63, 3.8) is 0 Å². The Morgan fingerprint density at radius 2 is 1.71 bits per heavy atom. The van der Waals surface area contributed by atoms with E-state index in [4.69, 9.17) is 0 Å². The SMILES string of the molecule is O=C(CN1CCN(C(=O)c2cccc([N+](=O)[O-])c2)CC1)Nc1ccccc1C(F)(F)F. The molecule has 0 aliphatic carbocycles. The van der Waals surface area contributed by atoms with Gasteiger partial charge in [0.1, 0.15) is 0 Å². The predicted octanol–water partition coefficient (Wildman–Crippen LogP) is 3.01. The van der Waals surface area contributed by atoms with E-state index in [1.165, 1.54) is 47.4 Å². The van der Waals surface area contributed by atoms with Crippen LogP contribution in [0.3, 0.4) is 0 Å². The number of hydrogen-bond acceptors (Lipinski definition) is 5.